The molecule has 1 aliphatic heterocycles. The van der Waals surface area contributed by atoms with E-state index in [2.05, 4.69) is 14.5 Å². The van der Waals surface area contributed by atoms with Gasteiger partial charge in [0.25, 0.3) is 0 Å². The van der Waals surface area contributed by atoms with Crippen LogP contribution in [0.3, 0.4) is 0 Å². The molecule has 4 N–H and O–H groups in total. The van der Waals surface area contributed by atoms with Gasteiger partial charge in [-0.25, -0.2) is 24.2 Å². The summed E-state index contributed by atoms with van der Waals surface area (Å²) in [5, 5.41) is 35.0. The van der Waals surface area contributed by atoms with Crippen molar-refractivity contribution in [1.29, 1.82) is 0 Å². The normalized spacial score (nSPS) is 16.1. The number of esters is 1. The zero-order chi connectivity index (χ0) is 22.1. The lowest BCUT2D eigenvalue weighted by Crippen LogP contribution is -2.31. The van der Waals surface area contributed by atoms with E-state index in [-0.39, 0.29) is 0 Å². The molecule has 0 radical (unpaired) electrons. The maximum absolute atomic E-state index is 11.5. The first-order chi connectivity index (χ1) is 14.3. The summed E-state index contributed by atoms with van der Waals surface area (Å²) >= 11 is 0. The fraction of sp³-hybridized carbons (Fsp3) is 0.150. The molecule has 10 heteroatoms. The predicted octanol–water partition coefficient (Wildman–Crippen LogP) is 1.21. The van der Waals surface area contributed by atoms with Crippen molar-refractivity contribution in [3.8, 4) is 0 Å². The molecule has 0 aromatic heterocycles. The van der Waals surface area contributed by atoms with E-state index in [1.807, 2.05) is 0 Å². The molecule has 0 amide bonds. The van der Waals surface area contributed by atoms with E-state index in [4.69, 9.17) is 20.4 Å². The number of ether oxygens (including phenoxy) is 1. The van der Waals surface area contributed by atoms with Crippen LogP contribution in [0.4, 0.5) is 0 Å². The van der Waals surface area contributed by atoms with E-state index in [1.54, 1.807) is 60.7 Å². The molecule has 2 aromatic carbocycles. The van der Waals surface area contributed by atoms with Gasteiger partial charge in [0.15, 0.2) is 11.9 Å². The molecule has 2 aromatic rings. The number of benzene rings is 2. The van der Waals surface area contributed by atoms with Crippen LogP contribution in [-0.2, 0) is 19.3 Å². The van der Waals surface area contributed by atoms with E-state index in [9.17, 15) is 14.4 Å². The number of cyclic esters (lactones) is 1. The number of carbonyl (C=O) groups excluding carboxylic acids is 3. The van der Waals surface area contributed by atoms with Crippen LogP contribution >= 0.6 is 0 Å². The first-order valence-electron chi connectivity index (χ1n) is 8.50. The van der Waals surface area contributed by atoms with Gasteiger partial charge in [-0.3, -0.25) is 0 Å². The molecule has 0 saturated heterocycles. The van der Waals surface area contributed by atoms with Gasteiger partial charge >= 0.3 is 17.9 Å². The summed E-state index contributed by atoms with van der Waals surface area (Å²) in [7, 11) is 0. The Balaban J connectivity index is 0.000000232. The lowest BCUT2D eigenvalue weighted by molar-refractivity contribution is -0.187. The van der Waals surface area contributed by atoms with Crippen molar-refractivity contribution in [2.24, 2.45) is 0 Å². The van der Waals surface area contributed by atoms with Gasteiger partial charge < -0.3 is 25.2 Å². The molecule has 3 rings (SSSR count). The molecule has 30 heavy (non-hydrogen) atoms. The zero-order valence-corrected chi connectivity index (χ0v) is 15.4. The van der Waals surface area contributed by atoms with Crippen molar-refractivity contribution in [2.75, 3.05) is 6.61 Å². The van der Waals surface area contributed by atoms with Crippen LogP contribution in [-0.4, -0.2) is 57.1 Å². The number of hydrogen-bond acceptors (Lipinski definition) is 10. The van der Waals surface area contributed by atoms with Crippen LogP contribution in [0.25, 0.3) is 0 Å². The predicted molar refractivity (Wildman–Crippen MR) is 99.0 cm³/mol. The summed E-state index contributed by atoms with van der Waals surface area (Å²) in [5.74, 6) is -4.20. The Labute approximate surface area is 170 Å². The van der Waals surface area contributed by atoms with E-state index >= 15 is 0 Å². The number of aliphatic hydroxyl groups is 4. The van der Waals surface area contributed by atoms with E-state index in [0.29, 0.717) is 11.1 Å². The Bertz CT molecular complexity index is 856. The second-order valence-electron chi connectivity index (χ2n) is 5.78. The minimum atomic E-state index is -1.42. The lowest BCUT2D eigenvalue weighted by atomic mass is 10.2. The van der Waals surface area contributed by atoms with Gasteiger partial charge in [0.05, 0.1) is 17.7 Å². The maximum Gasteiger partial charge on any atom is 0.386 e. The quantitative estimate of drug-likeness (QED) is 0.323. The Morgan fingerprint density at radius 1 is 0.900 bits per heavy atom. The molecule has 1 heterocycles. The second-order valence-corrected chi connectivity index (χ2v) is 5.78. The van der Waals surface area contributed by atoms with Gasteiger partial charge in [-0.15, -0.1) is 0 Å². The molecule has 1 aliphatic rings. The highest BCUT2D eigenvalue weighted by molar-refractivity contribution is 5.92. The summed E-state index contributed by atoms with van der Waals surface area (Å²) in [6, 6.07) is 16.6. The number of carbonyl (C=O) groups is 3. The number of hydrogen-bond donors (Lipinski definition) is 4. The highest BCUT2D eigenvalue weighted by atomic mass is 17.2. The third-order valence-corrected chi connectivity index (χ3v) is 3.69. The molecular formula is C20H18O10. The highest BCUT2D eigenvalue weighted by Crippen LogP contribution is 2.20. The number of aliphatic hydroxyl groups excluding tert-OH is 4. The number of rotatable bonds is 4. The summed E-state index contributed by atoms with van der Waals surface area (Å²) in [4.78, 5) is 42.4. The van der Waals surface area contributed by atoms with Crippen LogP contribution in [0.5, 0.6) is 0 Å². The molecule has 0 saturated carbocycles. The molecule has 0 spiro atoms. The zero-order valence-electron chi connectivity index (χ0n) is 15.4. The molecule has 0 fully saturated rings. The smallest absolute Gasteiger partial charge is 0.386 e. The fourth-order valence-electron chi connectivity index (χ4n) is 2.14. The van der Waals surface area contributed by atoms with Crippen LogP contribution in [0, 0.1) is 0 Å². The monoisotopic (exact) mass is 418 g/mol. The molecule has 158 valence electrons. The first-order valence-corrected chi connectivity index (χ1v) is 8.50. The van der Waals surface area contributed by atoms with Crippen LogP contribution in [0.1, 0.15) is 20.7 Å². The summed E-state index contributed by atoms with van der Waals surface area (Å²) < 4.78 is 4.32. The van der Waals surface area contributed by atoms with Crippen LogP contribution in [0.15, 0.2) is 72.2 Å². The van der Waals surface area contributed by atoms with Gasteiger partial charge in [-0.05, 0) is 24.3 Å². The van der Waals surface area contributed by atoms with Crippen molar-refractivity contribution < 1.29 is 49.3 Å². The van der Waals surface area contributed by atoms with Crippen molar-refractivity contribution in [1.82, 2.24) is 0 Å². The summed E-state index contributed by atoms with van der Waals surface area (Å²) in [6.07, 6.45) is -2.78. The standard InChI is InChI=1S/C14H10O4.C6H8O6/c15-13(11-7-3-1-4-8-11)17-18-14(16)12-9-5-2-6-10-12;7-1-2(8)5-3(9)4(10)6(11)12-5/h1-10H;2,5,7-10H,1H2/t;2?,5-/m.1/s1. The third kappa shape index (κ3) is 5.80. The van der Waals surface area contributed by atoms with Crippen molar-refractivity contribution in [3.63, 3.8) is 0 Å². The minimum absolute atomic E-state index is 0.318. The second kappa shape index (κ2) is 10.6. The van der Waals surface area contributed by atoms with E-state index < -0.39 is 48.2 Å². The van der Waals surface area contributed by atoms with Gasteiger partial charge in [0, 0.05) is 0 Å². The molecule has 1 unspecified atom stereocenters. The molecule has 2 atom stereocenters. The lowest BCUT2D eigenvalue weighted by Gasteiger charge is -2.13. The fourth-order valence-corrected chi connectivity index (χ4v) is 2.14. The highest BCUT2D eigenvalue weighted by Gasteiger charge is 2.38. The van der Waals surface area contributed by atoms with Gasteiger partial charge in [0.2, 0.25) is 5.76 Å². The summed E-state index contributed by atoms with van der Waals surface area (Å²) in [6.45, 7) is -0.671. The van der Waals surface area contributed by atoms with Crippen molar-refractivity contribution >= 4 is 17.9 Å². The van der Waals surface area contributed by atoms with Gasteiger partial charge in [0.1, 0.15) is 6.10 Å². The topological polar surface area (TPSA) is 160 Å². The van der Waals surface area contributed by atoms with Crippen molar-refractivity contribution in [2.45, 2.75) is 12.2 Å². The Hall–Kier alpha value is -3.89. The Kier molecular flexibility index (Phi) is 7.91. The van der Waals surface area contributed by atoms with Gasteiger partial charge in [-0.2, -0.15) is 0 Å². The SMILES string of the molecule is O=C(OOC(=O)c1ccccc1)c1ccccc1.O=C1O[C@H](C(O)CO)C(O)=C1O. The molecule has 0 aliphatic carbocycles. The van der Waals surface area contributed by atoms with Crippen molar-refractivity contribution in [3.05, 3.63) is 83.3 Å². The maximum atomic E-state index is 11.5. The molecule has 10 nitrogen and oxygen atoms in total. The molecular weight excluding hydrogens is 400 g/mol. The average molecular weight is 418 g/mol. The van der Waals surface area contributed by atoms with E-state index in [0.717, 1.165) is 0 Å². The van der Waals surface area contributed by atoms with Crippen LogP contribution in [0.2, 0.25) is 0 Å². The average Bonchev–Trinajstić information content (AvgIpc) is 3.05. The summed E-state index contributed by atoms with van der Waals surface area (Å²) in [5.41, 5.74) is 0.636. The largest absolute Gasteiger partial charge is 0.505 e. The first kappa shape index (κ1) is 22.4. The Morgan fingerprint density at radius 2 is 1.33 bits per heavy atom. The minimum Gasteiger partial charge on any atom is -0.505 e. The molecule has 0 bridgehead atoms. The Morgan fingerprint density at radius 3 is 1.67 bits per heavy atom. The van der Waals surface area contributed by atoms with Gasteiger partial charge in [-0.1, -0.05) is 36.4 Å². The van der Waals surface area contributed by atoms with Crippen LogP contribution < -0.4 is 0 Å². The van der Waals surface area contributed by atoms with E-state index in [1.165, 1.54) is 0 Å². The third-order valence-electron chi connectivity index (χ3n) is 3.69.